The van der Waals surface area contributed by atoms with Crippen molar-refractivity contribution in [2.24, 2.45) is 0 Å². The summed E-state index contributed by atoms with van der Waals surface area (Å²) in [7, 11) is 3.78. The van der Waals surface area contributed by atoms with E-state index in [0.717, 1.165) is 17.3 Å². The fraction of sp³-hybridized carbons (Fsp3) is 0.375. The Kier molecular flexibility index (Phi) is 4.85. The molecule has 1 N–H and O–H groups in total. The molecule has 1 atom stereocenters. The Bertz CT molecular complexity index is 615. The first-order chi connectivity index (χ1) is 10.0. The molecule has 0 amide bonds. The zero-order valence-corrected chi connectivity index (χ0v) is 12.9. The number of nitrogens with zero attached hydrogens (tertiary/aromatic N) is 3. The maximum absolute atomic E-state index is 13.9. The van der Waals surface area contributed by atoms with E-state index in [2.05, 4.69) is 15.3 Å². The van der Waals surface area contributed by atoms with Crippen molar-refractivity contribution in [3.8, 4) is 0 Å². The number of benzene rings is 1. The number of aryl methyl sites for hydroxylation is 1. The fourth-order valence-electron chi connectivity index (χ4n) is 2.24. The number of anilines is 1. The van der Waals surface area contributed by atoms with Crippen LogP contribution >= 0.6 is 0 Å². The van der Waals surface area contributed by atoms with Gasteiger partial charge in [-0.15, -0.1) is 0 Å². The third kappa shape index (κ3) is 3.76. The highest BCUT2D eigenvalue weighted by Crippen LogP contribution is 2.22. The minimum Gasteiger partial charge on any atom is -0.373 e. The van der Waals surface area contributed by atoms with Gasteiger partial charge in [-0.05, 0) is 27.0 Å². The summed E-state index contributed by atoms with van der Waals surface area (Å²) in [6, 6.07) is 8.70. The van der Waals surface area contributed by atoms with Crippen LogP contribution in [0.5, 0.6) is 0 Å². The summed E-state index contributed by atoms with van der Waals surface area (Å²) in [4.78, 5) is 10.9. The van der Waals surface area contributed by atoms with Gasteiger partial charge >= 0.3 is 0 Å². The van der Waals surface area contributed by atoms with Crippen LogP contribution in [0, 0.1) is 12.7 Å². The normalized spacial score (nSPS) is 12.5. The largest absolute Gasteiger partial charge is 0.373 e. The average molecular weight is 288 g/mol. The standard InChI is InChI=1S/C16H21FN4/c1-11-9-15(18-3)20-16(19-11)10-21(4)12(2)13-7-5-6-8-14(13)17/h5-9,12H,10H2,1-4H3,(H,18,19,20). The Morgan fingerprint density at radius 2 is 2.00 bits per heavy atom. The van der Waals surface area contributed by atoms with Crippen LogP contribution in [0.15, 0.2) is 30.3 Å². The molecule has 5 heteroatoms. The van der Waals surface area contributed by atoms with Gasteiger partial charge in [-0.3, -0.25) is 4.90 Å². The Labute approximate surface area is 125 Å². The topological polar surface area (TPSA) is 41.1 Å². The summed E-state index contributed by atoms with van der Waals surface area (Å²) in [6.07, 6.45) is 0. The zero-order valence-electron chi connectivity index (χ0n) is 12.9. The summed E-state index contributed by atoms with van der Waals surface area (Å²) in [5, 5.41) is 3.02. The smallest absolute Gasteiger partial charge is 0.144 e. The lowest BCUT2D eigenvalue weighted by molar-refractivity contribution is 0.242. The molecule has 112 valence electrons. The average Bonchev–Trinajstić information content (AvgIpc) is 2.46. The number of rotatable bonds is 5. The van der Waals surface area contributed by atoms with E-state index in [4.69, 9.17) is 0 Å². The number of halogens is 1. The molecule has 0 spiro atoms. The second kappa shape index (κ2) is 6.63. The molecular formula is C16H21FN4. The zero-order chi connectivity index (χ0) is 15.4. The molecule has 2 rings (SSSR count). The molecule has 1 aromatic heterocycles. The van der Waals surface area contributed by atoms with Crippen molar-refractivity contribution >= 4 is 5.82 Å². The second-order valence-electron chi connectivity index (χ2n) is 5.17. The molecule has 0 bridgehead atoms. The van der Waals surface area contributed by atoms with E-state index in [9.17, 15) is 4.39 Å². The Hall–Kier alpha value is -2.01. The first-order valence-electron chi connectivity index (χ1n) is 6.98. The van der Waals surface area contributed by atoms with Crippen molar-refractivity contribution in [3.63, 3.8) is 0 Å². The monoisotopic (exact) mass is 288 g/mol. The van der Waals surface area contributed by atoms with Crippen molar-refractivity contribution in [1.82, 2.24) is 14.9 Å². The maximum Gasteiger partial charge on any atom is 0.144 e. The molecule has 0 fully saturated rings. The summed E-state index contributed by atoms with van der Waals surface area (Å²) in [5.41, 5.74) is 1.60. The third-order valence-corrected chi connectivity index (χ3v) is 3.56. The van der Waals surface area contributed by atoms with E-state index >= 15 is 0 Å². The minimum absolute atomic E-state index is 0.0478. The van der Waals surface area contributed by atoms with Gasteiger partial charge in [0.25, 0.3) is 0 Å². The number of aromatic nitrogens is 2. The fourth-order valence-corrected chi connectivity index (χ4v) is 2.24. The molecule has 1 heterocycles. The highest BCUT2D eigenvalue weighted by molar-refractivity contribution is 5.34. The third-order valence-electron chi connectivity index (χ3n) is 3.56. The van der Waals surface area contributed by atoms with Crippen molar-refractivity contribution < 1.29 is 4.39 Å². The van der Waals surface area contributed by atoms with Crippen molar-refractivity contribution in [1.29, 1.82) is 0 Å². The van der Waals surface area contributed by atoms with Crippen LogP contribution in [0.2, 0.25) is 0 Å². The lowest BCUT2D eigenvalue weighted by Gasteiger charge is -2.24. The molecule has 2 aromatic rings. The second-order valence-corrected chi connectivity index (χ2v) is 5.17. The predicted molar refractivity (Wildman–Crippen MR) is 82.6 cm³/mol. The summed E-state index contributed by atoms with van der Waals surface area (Å²) >= 11 is 0. The lowest BCUT2D eigenvalue weighted by atomic mass is 10.1. The quantitative estimate of drug-likeness (QED) is 0.917. The molecule has 4 nitrogen and oxygen atoms in total. The predicted octanol–water partition coefficient (Wildman–Crippen LogP) is 3.16. The van der Waals surface area contributed by atoms with Gasteiger partial charge in [0.15, 0.2) is 0 Å². The molecule has 0 radical (unpaired) electrons. The highest BCUT2D eigenvalue weighted by atomic mass is 19.1. The van der Waals surface area contributed by atoms with Crippen molar-refractivity contribution in [3.05, 3.63) is 53.2 Å². The van der Waals surface area contributed by atoms with Crippen molar-refractivity contribution in [2.45, 2.75) is 26.4 Å². The van der Waals surface area contributed by atoms with Crippen LogP contribution in [0.25, 0.3) is 0 Å². The summed E-state index contributed by atoms with van der Waals surface area (Å²) < 4.78 is 13.9. The molecule has 0 aliphatic carbocycles. The first kappa shape index (κ1) is 15.4. The van der Waals surface area contributed by atoms with E-state index in [-0.39, 0.29) is 11.9 Å². The van der Waals surface area contributed by atoms with Gasteiger partial charge in [-0.2, -0.15) is 0 Å². The summed E-state index contributed by atoms with van der Waals surface area (Å²) in [5.74, 6) is 1.34. The van der Waals surface area contributed by atoms with Gasteiger partial charge in [0.2, 0.25) is 0 Å². The number of hydrogen-bond acceptors (Lipinski definition) is 4. The van der Waals surface area contributed by atoms with E-state index in [1.165, 1.54) is 6.07 Å². The Balaban J connectivity index is 2.16. The lowest BCUT2D eigenvalue weighted by Crippen LogP contribution is -2.24. The molecule has 21 heavy (non-hydrogen) atoms. The molecule has 0 aliphatic rings. The number of hydrogen-bond donors (Lipinski definition) is 1. The van der Waals surface area contributed by atoms with Crippen LogP contribution in [0.3, 0.4) is 0 Å². The van der Waals surface area contributed by atoms with Crippen LogP contribution in [0.1, 0.15) is 30.0 Å². The van der Waals surface area contributed by atoms with Gasteiger partial charge in [0, 0.05) is 30.4 Å². The molecular weight excluding hydrogens is 267 g/mol. The molecule has 1 unspecified atom stereocenters. The molecule has 0 saturated carbocycles. The molecule has 1 aromatic carbocycles. The van der Waals surface area contributed by atoms with Crippen LogP contribution < -0.4 is 5.32 Å². The van der Waals surface area contributed by atoms with Gasteiger partial charge in [0.1, 0.15) is 17.5 Å². The Morgan fingerprint density at radius 1 is 1.29 bits per heavy atom. The van der Waals surface area contributed by atoms with E-state index in [1.54, 1.807) is 6.07 Å². The van der Waals surface area contributed by atoms with E-state index in [1.807, 2.05) is 51.0 Å². The van der Waals surface area contributed by atoms with Crippen LogP contribution in [0.4, 0.5) is 10.2 Å². The van der Waals surface area contributed by atoms with Gasteiger partial charge in [-0.25, -0.2) is 14.4 Å². The minimum atomic E-state index is -0.182. The number of nitrogens with one attached hydrogen (secondary N) is 1. The maximum atomic E-state index is 13.9. The first-order valence-corrected chi connectivity index (χ1v) is 6.98. The molecule has 0 saturated heterocycles. The highest BCUT2D eigenvalue weighted by Gasteiger charge is 2.16. The van der Waals surface area contributed by atoms with Crippen LogP contribution in [-0.2, 0) is 6.54 Å². The Morgan fingerprint density at radius 3 is 2.67 bits per heavy atom. The van der Waals surface area contributed by atoms with Gasteiger partial charge < -0.3 is 5.32 Å². The van der Waals surface area contributed by atoms with Gasteiger partial charge in [-0.1, -0.05) is 18.2 Å². The summed E-state index contributed by atoms with van der Waals surface area (Å²) in [6.45, 7) is 4.48. The van der Waals surface area contributed by atoms with E-state index in [0.29, 0.717) is 12.1 Å². The van der Waals surface area contributed by atoms with E-state index < -0.39 is 0 Å². The van der Waals surface area contributed by atoms with Crippen LogP contribution in [-0.4, -0.2) is 29.0 Å². The van der Waals surface area contributed by atoms with Crippen molar-refractivity contribution in [2.75, 3.05) is 19.4 Å². The SMILES string of the molecule is CNc1cc(C)nc(CN(C)C(C)c2ccccc2F)n1. The molecule has 0 aliphatic heterocycles. The van der Waals surface area contributed by atoms with Gasteiger partial charge in [0.05, 0.1) is 6.54 Å².